The van der Waals surface area contributed by atoms with Gasteiger partial charge in [0, 0.05) is 23.5 Å². The molecular formula is C27H32N3O2+. The number of hydrogen-bond donors (Lipinski definition) is 1. The van der Waals surface area contributed by atoms with Crippen LogP contribution in [0.15, 0.2) is 61.2 Å². The number of hydrogen-bond acceptors (Lipinski definition) is 4. The molecule has 1 unspecified atom stereocenters. The van der Waals surface area contributed by atoms with Crippen molar-refractivity contribution in [1.29, 1.82) is 0 Å². The molecule has 0 radical (unpaired) electrons. The first-order valence-electron chi connectivity index (χ1n) is 10.7. The van der Waals surface area contributed by atoms with E-state index in [2.05, 4.69) is 59.0 Å². The van der Waals surface area contributed by atoms with Crippen LogP contribution >= 0.6 is 0 Å². The molecule has 5 heteroatoms. The van der Waals surface area contributed by atoms with E-state index in [0.29, 0.717) is 16.9 Å². The van der Waals surface area contributed by atoms with Crippen molar-refractivity contribution in [3.8, 4) is 22.9 Å². The Balaban J connectivity index is 2.09. The minimum absolute atomic E-state index is 0.254. The number of aliphatic hydroxyl groups is 1. The Kier molecular flexibility index (Phi) is 6.39. The third-order valence-corrected chi connectivity index (χ3v) is 5.99. The molecule has 2 aromatic carbocycles. The second-order valence-corrected chi connectivity index (χ2v) is 9.54. The number of aromatic nitrogens is 2. The molecule has 0 fully saturated rings. The van der Waals surface area contributed by atoms with Crippen molar-refractivity contribution in [2.24, 2.45) is 5.41 Å². The van der Waals surface area contributed by atoms with E-state index in [4.69, 9.17) is 4.74 Å². The van der Waals surface area contributed by atoms with E-state index < -0.39 is 11.0 Å². The Bertz CT molecular complexity index is 1140. The third-order valence-electron chi connectivity index (χ3n) is 5.99. The fourth-order valence-corrected chi connectivity index (χ4v) is 4.07. The van der Waals surface area contributed by atoms with E-state index in [1.165, 1.54) is 6.33 Å². The lowest BCUT2D eigenvalue weighted by Gasteiger charge is -2.41. The van der Waals surface area contributed by atoms with E-state index in [1.54, 1.807) is 26.6 Å². The highest BCUT2D eigenvalue weighted by Crippen LogP contribution is 2.48. The predicted molar refractivity (Wildman–Crippen MR) is 129 cm³/mol. The van der Waals surface area contributed by atoms with E-state index >= 15 is 0 Å². The van der Waals surface area contributed by atoms with Crippen molar-refractivity contribution >= 4 is 0 Å². The smallest absolute Gasteiger partial charge is 0.283 e. The Morgan fingerprint density at radius 1 is 0.875 bits per heavy atom. The molecule has 32 heavy (non-hydrogen) atoms. The molecule has 0 aliphatic carbocycles. The van der Waals surface area contributed by atoms with Gasteiger partial charge in [-0.25, -0.2) is 9.97 Å². The van der Waals surface area contributed by atoms with Gasteiger partial charge in [-0.15, -0.1) is 0 Å². The van der Waals surface area contributed by atoms with E-state index in [0.717, 1.165) is 16.7 Å². The summed E-state index contributed by atoms with van der Waals surface area (Å²) in [4.78, 5) is 12.3. The van der Waals surface area contributed by atoms with Crippen molar-refractivity contribution < 1.29 is 9.84 Å². The summed E-state index contributed by atoms with van der Waals surface area (Å²) >= 11 is 0. The predicted octanol–water partition coefficient (Wildman–Crippen LogP) is 5.67. The van der Waals surface area contributed by atoms with Gasteiger partial charge in [0.1, 0.15) is 23.1 Å². The lowest BCUT2D eigenvalue weighted by atomic mass is 9.68. The standard InChI is InChI=1S/C27H32N3O2/c1-25(2,3)27(31,22-15-29-18-30-16-22)23-13-10-20(14-24(23)32-7)19-8-11-21(12-9-19)26(4,5)17-28-6/h8-16,18,31H,1-7H3/q+1. The van der Waals surface area contributed by atoms with Crippen LogP contribution in [0.2, 0.25) is 0 Å². The van der Waals surface area contributed by atoms with E-state index in [-0.39, 0.29) is 5.41 Å². The largest absolute Gasteiger partial charge is 0.496 e. The van der Waals surface area contributed by atoms with Gasteiger partial charge in [0.2, 0.25) is 0 Å². The summed E-state index contributed by atoms with van der Waals surface area (Å²) in [5, 5.41) is 12.0. The normalized spacial score (nSPS) is 13.6. The molecule has 0 aliphatic rings. The molecule has 0 saturated heterocycles. The molecular weight excluding hydrogens is 398 g/mol. The number of methoxy groups -OCH3 is 1. The monoisotopic (exact) mass is 430 g/mol. The number of benzene rings is 2. The Morgan fingerprint density at radius 2 is 1.47 bits per heavy atom. The van der Waals surface area contributed by atoms with Crippen LogP contribution in [-0.4, -0.2) is 29.2 Å². The highest BCUT2D eigenvalue weighted by atomic mass is 16.5. The molecule has 0 amide bonds. The van der Waals surface area contributed by atoms with Crippen LogP contribution in [0.1, 0.15) is 51.3 Å². The second kappa shape index (κ2) is 8.72. The van der Waals surface area contributed by atoms with Gasteiger partial charge in [0.05, 0.1) is 7.11 Å². The Labute approximate surface area is 191 Å². The molecule has 0 aliphatic heterocycles. The molecule has 3 aromatic rings. The zero-order valence-corrected chi connectivity index (χ0v) is 20.0. The molecule has 5 nitrogen and oxygen atoms in total. The summed E-state index contributed by atoms with van der Waals surface area (Å²) in [5.41, 5.74) is 2.39. The molecule has 3 rings (SSSR count). The van der Waals surface area contributed by atoms with Crippen LogP contribution < -0.4 is 4.74 Å². The first-order valence-corrected chi connectivity index (χ1v) is 10.7. The van der Waals surface area contributed by atoms with Crippen LogP contribution in [0.25, 0.3) is 16.0 Å². The fraction of sp³-hybridized carbons (Fsp3) is 0.370. The number of nitrogens with zero attached hydrogens (tertiary/aromatic N) is 3. The van der Waals surface area contributed by atoms with Crippen LogP contribution in [0.4, 0.5) is 0 Å². The summed E-state index contributed by atoms with van der Waals surface area (Å²) in [5.74, 6) is 0.611. The van der Waals surface area contributed by atoms with Gasteiger partial charge >= 0.3 is 0 Å². The summed E-state index contributed by atoms with van der Waals surface area (Å²) in [7, 11) is 3.36. The van der Waals surface area contributed by atoms with Gasteiger partial charge in [-0.2, -0.15) is 0 Å². The molecule has 166 valence electrons. The second-order valence-electron chi connectivity index (χ2n) is 9.54. The van der Waals surface area contributed by atoms with Crippen molar-refractivity contribution in [3.05, 3.63) is 82.7 Å². The summed E-state index contributed by atoms with van der Waals surface area (Å²) in [6.07, 6.45) is 4.77. The van der Waals surface area contributed by atoms with Gasteiger partial charge in [-0.1, -0.05) is 62.0 Å². The minimum atomic E-state index is -1.33. The van der Waals surface area contributed by atoms with Crippen molar-refractivity contribution in [3.63, 3.8) is 0 Å². The maximum Gasteiger partial charge on any atom is 0.283 e. The number of rotatable bonds is 5. The molecule has 1 N–H and O–H groups in total. The summed E-state index contributed by atoms with van der Waals surface area (Å²) in [6, 6.07) is 17.4. The molecule has 0 bridgehead atoms. The van der Waals surface area contributed by atoms with E-state index in [1.807, 2.05) is 39.0 Å². The third kappa shape index (κ3) is 4.24. The number of ether oxygens (including phenoxy) is 1. The van der Waals surface area contributed by atoms with Crippen molar-refractivity contribution in [2.45, 2.75) is 45.6 Å². The quantitative estimate of drug-likeness (QED) is 0.566. The van der Waals surface area contributed by atoms with Crippen LogP contribution in [0.3, 0.4) is 0 Å². The highest BCUT2D eigenvalue weighted by molar-refractivity contribution is 5.67. The lowest BCUT2D eigenvalue weighted by Crippen LogP contribution is -2.41. The lowest BCUT2D eigenvalue weighted by molar-refractivity contribution is -0.0281. The van der Waals surface area contributed by atoms with Gasteiger partial charge in [0.25, 0.3) is 13.1 Å². The van der Waals surface area contributed by atoms with Gasteiger partial charge in [-0.05, 0) is 42.0 Å². The van der Waals surface area contributed by atoms with Crippen LogP contribution in [0.5, 0.6) is 5.75 Å². The van der Waals surface area contributed by atoms with Gasteiger partial charge in [0.15, 0.2) is 0 Å². The van der Waals surface area contributed by atoms with Gasteiger partial charge < -0.3 is 9.84 Å². The Hall–Kier alpha value is -3.23. The van der Waals surface area contributed by atoms with Crippen LogP contribution in [0, 0.1) is 11.5 Å². The topological polar surface area (TPSA) is 59.6 Å². The zero-order valence-electron chi connectivity index (χ0n) is 20.0. The molecule has 0 spiro atoms. The SMILES string of the molecule is C[N+]#CC(C)(C)c1ccc(-c2ccc(C(O)(c3cncnc3)C(C)(C)C)c(OC)c2)cc1. The average Bonchev–Trinajstić information content (AvgIpc) is 2.78. The van der Waals surface area contributed by atoms with Gasteiger partial charge in [-0.3, -0.25) is 0 Å². The maximum absolute atomic E-state index is 12.0. The fourth-order valence-electron chi connectivity index (χ4n) is 4.07. The molecule has 1 heterocycles. The first-order chi connectivity index (χ1) is 15.0. The molecule has 0 saturated carbocycles. The van der Waals surface area contributed by atoms with Crippen molar-refractivity contribution in [2.75, 3.05) is 14.2 Å². The zero-order chi connectivity index (χ0) is 23.6. The van der Waals surface area contributed by atoms with Crippen molar-refractivity contribution in [1.82, 2.24) is 9.97 Å². The maximum atomic E-state index is 12.0. The van der Waals surface area contributed by atoms with Crippen LogP contribution in [-0.2, 0) is 11.0 Å². The van der Waals surface area contributed by atoms with E-state index in [9.17, 15) is 5.11 Å². The Morgan fingerprint density at radius 3 is 2.00 bits per heavy atom. The minimum Gasteiger partial charge on any atom is -0.496 e. The highest BCUT2D eigenvalue weighted by Gasteiger charge is 2.45. The summed E-state index contributed by atoms with van der Waals surface area (Å²) in [6.45, 7) is 10.2. The molecule has 1 aromatic heterocycles. The molecule has 1 atom stereocenters. The summed E-state index contributed by atoms with van der Waals surface area (Å²) < 4.78 is 5.76. The average molecular weight is 431 g/mol. The first kappa shape index (κ1) is 23.4.